The predicted octanol–water partition coefficient (Wildman–Crippen LogP) is 5.65. The monoisotopic (exact) mass is 396 g/mol. The van der Waals surface area contributed by atoms with Gasteiger partial charge in [-0.1, -0.05) is 19.8 Å². The number of carbonyl (C=O) groups excluding carboxylic acids is 1. The van der Waals surface area contributed by atoms with Gasteiger partial charge in [-0.2, -0.15) is 0 Å². The fraction of sp³-hybridized carbons (Fsp3) is 0.458. The minimum atomic E-state index is -0.283. The van der Waals surface area contributed by atoms with E-state index in [4.69, 9.17) is 9.15 Å². The number of esters is 1. The van der Waals surface area contributed by atoms with Crippen molar-refractivity contribution in [1.29, 1.82) is 0 Å². The summed E-state index contributed by atoms with van der Waals surface area (Å²) in [7, 11) is 0. The maximum Gasteiger partial charge on any atom is 0.313 e. The lowest BCUT2D eigenvalue weighted by Crippen LogP contribution is -2.29. The van der Waals surface area contributed by atoms with Crippen LogP contribution in [0.15, 0.2) is 33.6 Å². The van der Waals surface area contributed by atoms with E-state index in [9.17, 15) is 4.79 Å². The molecule has 0 saturated heterocycles. The first-order valence-corrected chi connectivity index (χ1v) is 11.0. The Labute approximate surface area is 172 Å². The van der Waals surface area contributed by atoms with Crippen LogP contribution < -0.4 is 0 Å². The average Bonchev–Trinajstić information content (AvgIpc) is 3.13. The predicted molar refractivity (Wildman–Crippen MR) is 114 cm³/mol. The van der Waals surface area contributed by atoms with Gasteiger partial charge < -0.3 is 9.15 Å². The maximum absolute atomic E-state index is 11.6. The summed E-state index contributed by atoms with van der Waals surface area (Å²) >= 11 is 1.96. The number of aryl methyl sites for hydroxylation is 1. The molecule has 0 spiro atoms. The number of hydrogen-bond donors (Lipinski definition) is 0. The van der Waals surface area contributed by atoms with Gasteiger partial charge in [0.25, 0.3) is 0 Å². The quantitative estimate of drug-likeness (QED) is 0.484. The Hall–Kier alpha value is -2.12. The number of benzene rings is 1. The lowest BCUT2D eigenvalue weighted by Gasteiger charge is -2.38. The van der Waals surface area contributed by atoms with Crippen molar-refractivity contribution in [1.82, 2.24) is 0 Å². The highest BCUT2D eigenvalue weighted by Crippen LogP contribution is 2.46. The Balaban J connectivity index is 1.87. The van der Waals surface area contributed by atoms with E-state index in [0.717, 1.165) is 18.4 Å². The Morgan fingerprint density at radius 2 is 2.00 bits per heavy atom. The van der Waals surface area contributed by atoms with Gasteiger partial charge >= 0.3 is 5.97 Å². The molecule has 1 aliphatic heterocycles. The van der Waals surface area contributed by atoms with Gasteiger partial charge in [-0.25, -0.2) is 0 Å². The summed E-state index contributed by atoms with van der Waals surface area (Å²) in [5, 5.41) is 0. The van der Waals surface area contributed by atoms with Gasteiger partial charge in [-0.15, -0.1) is 11.8 Å². The molecular weight excluding hydrogens is 368 g/mol. The molecule has 0 bridgehead atoms. The molecule has 1 aromatic heterocycles. The van der Waals surface area contributed by atoms with Gasteiger partial charge in [-0.05, 0) is 85.6 Å². The van der Waals surface area contributed by atoms with Gasteiger partial charge in [0, 0.05) is 10.5 Å². The molecule has 0 saturated carbocycles. The molecule has 1 aromatic carbocycles. The van der Waals surface area contributed by atoms with Crippen LogP contribution in [0.25, 0.3) is 0 Å². The highest BCUT2D eigenvalue weighted by molar-refractivity contribution is 7.99. The van der Waals surface area contributed by atoms with Crippen molar-refractivity contribution in [3.8, 4) is 11.8 Å². The van der Waals surface area contributed by atoms with E-state index in [1.54, 1.807) is 13.0 Å². The number of furan rings is 1. The maximum atomic E-state index is 11.6. The van der Waals surface area contributed by atoms with Crippen LogP contribution in [0.5, 0.6) is 0 Å². The van der Waals surface area contributed by atoms with Gasteiger partial charge in [-0.3, -0.25) is 4.79 Å². The molecule has 0 aliphatic carbocycles. The first-order valence-electron chi connectivity index (χ1n) is 10.1. The molecule has 0 fully saturated rings. The standard InChI is InChI=1S/C24H28O3S/c1-5-24(6-2)12-13-28-22-14-17(4)18(15-21(22)24)8-9-19-10-11-20(27-19)16-23(25)26-7-3/h10-11,14-15H,5-7,12-13,16H2,1-4H3. The van der Waals surface area contributed by atoms with Crippen LogP contribution in [0, 0.1) is 18.8 Å². The second kappa shape index (κ2) is 8.92. The molecule has 3 nitrogen and oxygen atoms in total. The summed E-state index contributed by atoms with van der Waals surface area (Å²) in [6, 6.07) is 8.18. The summed E-state index contributed by atoms with van der Waals surface area (Å²) in [6.07, 6.45) is 3.67. The van der Waals surface area contributed by atoms with E-state index in [2.05, 4.69) is 44.7 Å². The zero-order valence-electron chi connectivity index (χ0n) is 17.2. The number of rotatable bonds is 5. The zero-order chi connectivity index (χ0) is 20.1. The van der Waals surface area contributed by atoms with E-state index in [1.165, 1.54) is 28.2 Å². The van der Waals surface area contributed by atoms with Crippen LogP contribution in [-0.2, 0) is 21.4 Å². The third kappa shape index (κ3) is 4.31. The van der Waals surface area contributed by atoms with Gasteiger partial charge in [0.2, 0.25) is 0 Å². The Morgan fingerprint density at radius 3 is 2.71 bits per heavy atom. The van der Waals surface area contributed by atoms with Crippen LogP contribution in [-0.4, -0.2) is 18.3 Å². The van der Waals surface area contributed by atoms with Crippen molar-refractivity contribution < 1.29 is 13.9 Å². The minimum Gasteiger partial charge on any atom is -0.466 e. The van der Waals surface area contributed by atoms with Crippen LogP contribution in [0.4, 0.5) is 0 Å². The lowest BCUT2D eigenvalue weighted by molar-refractivity contribution is -0.142. The van der Waals surface area contributed by atoms with Crippen molar-refractivity contribution >= 4 is 17.7 Å². The van der Waals surface area contributed by atoms with E-state index < -0.39 is 0 Å². The fourth-order valence-electron chi connectivity index (χ4n) is 3.85. The summed E-state index contributed by atoms with van der Waals surface area (Å²) in [5.74, 6) is 8.47. The molecule has 0 amide bonds. The molecule has 0 atom stereocenters. The Bertz CT molecular complexity index is 910. The van der Waals surface area contributed by atoms with Crippen molar-refractivity contribution in [3.05, 3.63) is 52.5 Å². The molecule has 0 N–H and O–H groups in total. The van der Waals surface area contributed by atoms with E-state index in [0.29, 0.717) is 18.1 Å². The normalized spacial score (nSPS) is 14.7. The van der Waals surface area contributed by atoms with E-state index in [1.807, 2.05) is 17.8 Å². The number of ether oxygens (including phenoxy) is 1. The van der Waals surface area contributed by atoms with Gasteiger partial charge in [0.15, 0.2) is 5.76 Å². The smallest absolute Gasteiger partial charge is 0.313 e. The topological polar surface area (TPSA) is 39.4 Å². The molecule has 0 unspecified atom stereocenters. The first kappa shape index (κ1) is 20.6. The molecule has 148 valence electrons. The van der Waals surface area contributed by atoms with Crippen LogP contribution in [0.1, 0.15) is 68.2 Å². The largest absolute Gasteiger partial charge is 0.466 e. The summed E-state index contributed by atoms with van der Waals surface area (Å²) in [4.78, 5) is 13.0. The van der Waals surface area contributed by atoms with E-state index >= 15 is 0 Å². The summed E-state index contributed by atoms with van der Waals surface area (Å²) in [6.45, 7) is 8.87. The third-order valence-corrected chi connectivity index (χ3v) is 6.75. The highest BCUT2D eigenvalue weighted by Gasteiger charge is 2.34. The van der Waals surface area contributed by atoms with Crippen LogP contribution in [0.3, 0.4) is 0 Å². The molecule has 1 aliphatic rings. The summed E-state index contributed by atoms with van der Waals surface area (Å²) in [5.41, 5.74) is 3.96. The molecule has 4 heteroatoms. The molecule has 2 aromatic rings. The Morgan fingerprint density at radius 1 is 1.21 bits per heavy atom. The molecular formula is C24H28O3S. The highest BCUT2D eigenvalue weighted by atomic mass is 32.2. The van der Waals surface area contributed by atoms with Gasteiger partial charge in [0.05, 0.1) is 6.61 Å². The fourth-order valence-corrected chi connectivity index (χ4v) is 5.25. The van der Waals surface area contributed by atoms with Crippen molar-refractivity contribution in [3.63, 3.8) is 0 Å². The number of carbonyl (C=O) groups is 1. The molecule has 2 heterocycles. The third-order valence-electron chi connectivity index (χ3n) is 5.70. The second-order valence-electron chi connectivity index (χ2n) is 7.25. The molecule has 28 heavy (non-hydrogen) atoms. The van der Waals surface area contributed by atoms with Gasteiger partial charge in [0.1, 0.15) is 12.2 Å². The van der Waals surface area contributed by atoms with Crippen molar-refractivity contribution in [2.45, 2.75) is 63.7 Å². The van der Waals surface area contributed by atoms with Crippen molar-refractivity contribution in [2.75, 3.05) is 12.4 Å². The molecule has 0 radical (unpaired) electrons. The lowest BCUT2D eigenvalue weighted by atomic mass is 9.73. The first-order chi connectivity index (χ1) is 13.5. The molecule has 3 rings (SSSR count). The second-order valence-corrected chi connectivity index (χ2v) is 8.38. The minimum absolute atomic E-state index is 0.139. The number of thioether (sulfide) groups is 1. The average molecular weight is 397 g/mol. The van der Waals surface area contributed by atoms with Crippen molar-refractivity contribution in [2.24, 2.45) is 0 Å². The van der Waals surface area contributed by atoms with Crippen LogP contribution >= 0.6 is 11.8 Å². The zero-order valence-corrected chi connectivity index (χ0v) is 18.0. The van der Waals surface area contributed by atoms with E-state index in [-0.39, 0.29) is 17.8 Å². The summed E-state index contributed by atoms with van der Waals surface area (Å²) < 4.78 is 10.6. The number of hydrogen-bond acceptors (Lipinski definition) is 4. The van der Waals surface area contributed by atoms with Crippen LogP contribution in [0.2, 0.25) is 0 Å². The Kier molecular flexibility index (Phi) is 6.57. The SMILES string of the molecule is CCOC(=O)Cc1ccc(C#Cc2cc3c(cc2C)SCCC3(CC)CC)o1. The number of fused-ring (bicyclic) bond motifs is 1.